The van der Waals surface area contributed by atoms with E-state index >= 15 is 0 Å². The van der Waals surface area contributed by atoms with Gasteiger partial charge in [0.1, 0.15) is 0 Å². The van der Waals surface area contributed by atoms with Crippen LogP contribution in [0, 0.1) is 5.92 Å². The lowest BCUT2D eigenvalue weighted by Gasteiger charge is -2.26. The second-order valence-corrected chi connectivity index (χ2v) is 3.90. The zero-order chi connectivity index (χ0) is 11.0. The normalized spacial score (nSPS) is 15.9. The van der Waals surface area contributed by atoms with E-state index in [4.69, 9.17) is 15.2 Å². The molecule has 0 bridgehead atoms. The Morgan fingerprint density at radius 2 is 1.86 bits per heavy atom. The lowest BCUT2D eigenvalue weighted by atomic mass is 10.0. The van der Waals surface area contributed by atoms with Crippen LogP contribution < -0.4 is 5.73 Å². The van der Waals surface area contributed by atoms with Crippen LogP contribution in [0.25, 0.3) is 0 Å². The summed E-state index contributed by atoms with van der Waals surface area (Å²) in [5, 5.41) is 0. The fraction of sp³-hybridized carbons (Fsp3) is 1.00. The number of ether oxygens (including phenoxy) is 2. The largest absolute Gasteiger partial charge is 0.380 e. The minimum atomic E-state index is -0.0125. The highest BCUT2D eigenvalue weighted by Gasteiger charge is 2.21. The summed E-state index contributed by atoms with van der Waals surface area (Å²) in [6.45, 7) is 10.4. The van der Waals surface area contributed by atoms with Gasteiger partial charge >= 0.3 is 0 Å². The molecule has 0 aromatic heterocycles. The highest BCUT2D eigenvalue weighted by molar-refractivity contribution is 4.75. The fourth-order valence-electron chi connectivity index (χ4n) is 1.46. The molecule has 3 nitrogen and oxygen atoms in total. The third kappa shape index (κ3) is 5.58. The first-order valence-electron chi connectivity index (χ1n) is 5.58. The minimum absolute atomic E-state index is 0.0125. The molecule has 0 radical (unpaired) electrons. The van der Waals surface area contributed by atoms with Crippen LogP contribution in [0.1, 0.15) is 34.1 Å². The lowest BCUT2D eigenvalue weighted by Crippen LogP contribution is -2.43. The van der Waals surface area contributed by atoms with Crippen LogP contribution in [0.15, 0.2) is 0 Å². The van der Waals surface area contributed by atoms with Crippen molar-refractivity contribution in [1.82, 2.24) is 0 Å². The molecule has 0 aliphatic carbocycles. The van der Waals surface area contributed by atoms with Crippen molar-refractivity contribution in [3.63, 3.8) is 0 Å². The third-order valence-electron chi connectivity index (χ3n) is 2.10. The molecule has 0 fully saturated rings. The monoisotopic (exact) mass is 203 g/mol. The van der Waals surface area contributed by atoms with Crippen molar-refractivity contribution in [2.45, 2.75) is 46.3 Å². The first kappa shape index (κ1) is 13.9. The van der Waals surface area contributed by atoms with E-state index in [1.165, 1.54) is 0 Å². The molecule has 0 saturated heterocycles. The molecule has 14 heavy (non-hydrogen) atoms. The van der Waals surface area contributed by atoms with Crippen LogP contribution in [-0.2, 0) is 9.47 Å². The maximum Gasteiger partial charge on any atom is 0.0771 e. The van der Waals surface area contributed by atoms with Crippen molar-refractivity contribution in [1.29, 1.82) is 0 Å². The lowest BCUT2D eigenvalue weighted by molar-refractivity contribution is -0.0128. The molecule has 0 aliphatic heterocycles. The summed E-state index contributed by atoms with van der Waals surface area (Å²) in [6.07, 6.45) is 1.14. The summed E-state index contributed by atoms with van der Waals surface area (Å²) in [5.41, 5.74) is 6.00. The standard InChI is InChI=1S/C11H25NO2/c1-5-7-13-8-10(12)11(9(3)4)14-6-2/h9-11H,5-8,12H2,1-4H3. The molecule has 0 aromatic rings. The highest BCUT2D eigenvalue weighted by Crippen LogP contribution is 2.10. The van der Waals surface area contributed by atoms with Gasteiger partial charge in [-0.2, -0.15) is 0 Å². The summed E-state index contributed by atoms with van der Waals surface area (Å²) in [4.78, 5) is 0. The van der Waals surface area contributed by atoms with E-state index in [1.54, 1.807) is 0 Å². The average molecular weight is 203 g/mol. The van der Waals surface area contributed by atoms with Crippen molar-refractivity contribution in [2.24, 2.45) is 11.7 Å². The third-order valence-corrected chi connectivity index (χ3v) is 2.10. The zero-order valence-electron chi connectivity index (χ0n) is 9.95. The SMILES string of the molecule is CCCOCC(N)C(OCC)C(C)C. The second-order valence-electron chi connectivity index (χ2n) is 3.90. The van der Waals surface area contributed by atoms with E-state index in [-0.39, 0.29) is 12.1 Å². The van der Waals surface area contributed by atoms with Crippen LogP contribution >= 0.6 is 0 Å². The predicted molar refractivity (Wildman–Crippen MR) is 59.3 cm³/mol. The molecule has 3 heteroatoms. The van der Waals surface area contributed by atoms with E-state index in [0.717, 1.165) is 13.0 Å². The maximum atomic E-state index is 6.00. The summed E-state index contributed by atoms with van der Waals surface area (Å²) in [6, 6.07) is -0.0125. The Morgan fingerprint density at radius 1 is 1.21 bits per heavy atom. The van der Waals surface area contributed by atoms with E-state index in [9.17, 15) is 0 Å². The van der Waals surface area contributed by atoms with Gasteiger partial charge < -0.3 is 15.2 Å². The molecule has 0 amide bonds. The molecule has 2 N–H and O–H groups in total. The molecular weight excluding hydrogens is 178 g/mol. The van der Waals surface area contributed by atoms with Crippen LogP contribution in [0.2, 0.25) is 0 Å². The van der Waals surface area contributed by atoms with Gasteiger partial charge in [0.15, 0.2) is 0 Å². The van der Waals surface area contributed by atoms with Crippen LogP contribution in [0.5, 0.6) is 0 Å². The smallest absolute Gasteiger partial charge is 0.0771 e. The Morgan fingerprint density at radius 3 is 2.29 bits per heavy atom. The number of nitrogens with two attached hydrogens (primary N) is 1. The molecule has 86 valence electrons. The Kier molecular flexibility index (Phi) is 8.14. The van der Waals surface area contributed by atoms with Gasteiger partial charge in [0.2, 0.25) is 0 Å². The second kappa shape index (κ2) is 8.21. The Labute approximate surface area is 88.0 Å². The number of hydrogen-bond acceptors (Lipinski definition) is 3. The number of rotatable bonds is 8. The number of hydrogen-bond donors (Lipinski definition) is 1. The van der Waals surface area contributed by atoms with E-state index in [2.05, 4.69) is 20.8 Å². The van der Waals surface area contributed by atoms with Gasteiger partial charge in [-0.05, 0) is 19.3 Å². The highest BCUT2D eigenvalue weighted by atomic mass is 16.5. The molecule has 0 saturated carbocycles. The van der Waals surface area contributed by atoms with Crippen molar-refractivity contribution in [2.75, 3.05) is 19.8 Å². The summed E-state index contributed by atoms with van der Waals surface area (Å²) >= 11 is 0. The quantitative estimate of drug-likeness (QED) is 0.612. The van der Waals surface area contributed by atoms with E-state index in [1.807, 2.05) is 6.92 Å². The molecule has 0 spiro atoms. The fourth-order valence-corrected chi connectivity index (χ4v) is 1.46. The van der Waals surface area contributed by atoms with E-state index < -0.39 is 0 Å². The molecule has 2 atom stereocenters. The van der Waals surface area contributed by atoms with Gasteiger partial charge in [0, 0.05) is 13.2 Å². The van der Waals surface area contributed by atoms with Gasteiger partial charge in [-0.1, -0.05) is 20.8 Å². The molecule has 0 heterocycles. The summed E-state index contributed by atoms with van der Waals surface area (Å²) in [7, 11) is 0. The maximum absolute atomic E-state index is 6.00. The van der Waals surface area contributed by atoms with Crippen LogP contribution in [0.4, 0.5) is 0 Å². The minimum Gasteiger partial charge on any atom is -0.380 e. The topological polar surface area (TPSA) is 44.5 Å². The molecular formula is C11H25NO2. The molecule has 0 rings (SSSR count). The van der Waals surface area contributed by atoms with Crippen LogP contribution in [0.3, 0.4) is 0 Å². The van der Waals surface area contributed by atoms with Crippen molar-refractivity contribution in [3.8, 4) is 0 Å². The summed E-state index contributed by atoms with van der Waals surface area (Å²) < 4.78 is 11.0. The van der Waals surface area contributed by atoms with Crippen molar-refractivity contribution in [3.05, 3.63) is 0 Å². The molecule has 0 aliphatic rings. The average Bonchev–Trinajstić information content (AvgIpc) is 2.13. The van der Waals surface area contributed by atoms with Gasteiger partial charge in [-0.15, -0.1) is 0 Å². The van der Waals surface area contributed by atoms with Crippen molar-refractivity contribution >= 4 is 0 Å². The molecule has 2 unspecified atom stereocenters. The Hall–Kier alpha value is -0.120. The van der Waals surface area contributed by atoms with Gasteiger partial charge in [-0.3, -0.25) is 0 Å². The van der Waals surface area contributed by atoms with Gasteiger partial charge in [0.05, 0.1) is 18.8 Å². The first-order valence-corrected chi connectivity index (χ1v) is 5.58. The van der Waals surface area contributed by atoms with Crippen molar-refractivity contribution < 1.29 is 9.47 Å². The first-order chi connectivity index (χ1) is 6.63. The predicted octanol–water partition coefficient (Wildman–Crippen LogP) is 1.80. The zero-order valence-corrected chi connectivity index (χ0v) is 9.95. The van der Waals surface area contributed by atoms with Gasteiger partial charge in [-0.25, -0.2) is 0 Å². The van der Waals surface area contributed by atoms with Gasteiger partial charge in [0.25, 0.3) is 0 Å². The molecule has 0 aromatic carbocycles. The Balaban J connectivity index is 3.82. The van der Waals surface area contributed by atoms with Crippen LogP contribution in [-0.4, -0.2) is 32.0 Å². The summed E-state index contributed by atoms with van der Waals surface area (Å²) in [5.74, 6) is 0.440. The van der Waals surface area contributed by atoms with E-state index in [0.29, 0.717) is 19.1 Å². The Bertz CT molecular complexity index is 128.